The van der Waals surface area contributed by atoms with Crippen molar-refractivity contribution in [2.24, 2.45) is 5.10 Å². The van der Waals surface area contributed by atoms with Crippen LogP contribution in [0, 0.1) is 20.8 Å². The third-order valence-electron chi connectivity index (χ3n) is 3.77. The number of nitrogens with zero attached hydrogens (tertiary/aromatic N) is 2. The van der Waals surface area contributed by atoms with Gasteiger partial charge in [-0.2, -0.15) is 5.10 Å². The molecule has 1 heterocycles. The second-order valence-corrected chi connectivity index (χ2v) is 6.97. The minimum Gasteiger partial charge on any atom is -0.483 e. The maximum Gasteiger partial charge on any atom is 0.277 e. The summed E-state index contributed by atoms with van der Waals surface area (Å²) in [5.41, 5.74) is 7.48. The number of amides is 1. The number of nitrogens with two attached hydrogens (primary N) is 1. The van der Waals surface area contributed by atoms with Crippen LogP contribution in [0.25, 0.3) is 10.2 Å². The highest BCUT2D eigenvalue weighted by molar-refractivity contribution is 7.16. The fourth-order valence-corrected chi connectivity index (χ4v) is 3.43. The highest BCUT2D eigenvalue weighted by Gasteiger charge is 2.08. The van der Waals surface area contributed by atoms with Crippen molar-refractivity contribution < 1.29 is 9.53 Å². The van der Waals surface area contributed by atoms with Gasteiger partial charge in [-0.05, 0) is 61.1 Å². The summed E-state index contributed by atoms with van der Waals surface area (Å²) in [7, 11) is 0. The summed E-state index contributed by atoms with van der Waals surface area (Å²) in [5, 5.41) is 3.96. The van der Waals surface area contributed by atoms with E-state index in [1.807, 2.05) is 51.1 Å². The summed E-state index contributed by atoms with van der Waals surface area (Å²) < 4.78 is 8.35. The van der Waals surface area contributed by atoms with E-state index in [1.54, 1.807) is 10.3 Å². The predicted molar refractivity (Wildman–Crippen MR) is 102 cm³/mol. The molecule has 7 heteroatoms. The van der Waals surface area contributed by atoms with E-state index < -0.39 is 0 Å². The lowest BCUT2D eigenvalue weighted by Gasteiger charge is -2.12. The van der Waals surface area contributed by atoms with Gasteiger partial charge in [-0.25, -0.2) is 9.49 Å². The summed E-state index contributed by atoms with van der Waals surface area (Å²) >= 11 is 1.48. The van der Waals surface area contributed by atoms with Crippen LogP contribution in [-0.2, 0) is 4.79 Å². The van der Waals surface area contributed by atoms with E-state index in [1.165, 1.54) is 17.1 Å². The van der Waals surface area contributed by atoms with Crippen molar-refractivity contribution in [3.63, 3.8) is 0 Å². The summed E-state index contributed by atoms with van der Waals surface area (Å²) in [6, 6.07) is 9.87. The Bertz CT molecular complexity index is 932. The summed E-state index contributed by atoms with van der Waals surface area (Å²) in [6.07, 6.45) is 1.58. The molecule has 0 saturated carbocycles. The molecule has 0 aliphatic carbocycles. The summed E-state index contributed by atoms with van der Waals surface area (Å²) in [6.45, 7) is 5.88. The Morgan fingerprint density at radius 2 is 2.00 bits per heavy atom. The first kappa shape index (κ1) is 17.0. The van der Waals surface area contributed by atoms with Crippen LogP contribution in [0.3, 0.4) is 0 Å². The van der Waals surface area contributed by atoms with Crippen molar-refractivity contribution in [2.75, 3.05) is 12.4 Å². The zero-order valence-electron chi connectivity index (χ0n) is 14.4. The number of nitrogens with one attached hydrogen (secondary N) is 1. The molecule has 0 radical (unpaired) electrons. The molecule has 0 aliphatic heterocycles. The molecule has 1 amide bonds. The maximum absolute atomic E-state index is 11.9. The lowest BCUT2D eigenvalue weighted by atomic mass is 10.1. The zero-order valence-corrected chi connectivity index (χ0v) is 15.2. The van der Waals surface area contributed by atoms with Gasteiger partial charge in [-0.3, -0.25) is 4.79 Å². The third-order valence-corrected chi connectivity index (χ3v) is 4.71. The van der Waals surface area contributed by atoms with Crippen LogP contribution in [0.4, 0.5) is 0 Å². The number of nitrogen functional groups attached to an aromatic ring is 1. The first-order chi connectivity index (χ1) is 11.9. The standard InChI is InChI=1S/C18H20N4O2S/c1-11-6-12(2)18(13(3)7-11)24-10-17(23)21-20-9-14-4-5-16-15(8-14)22(19)25-16/h4-9H,10,19H2,1-3H3,(H,21,23)/b20-9+. The second kappa shape index (κ2) is 6.98. The molecule has 0 unspecified atom stereocenters. The van der Waals surface area contributed by atoms with Gasteiger partial charge in [0.15, 0.2) is 6.61 Å². The predicted octanol–water partition coefficient (Wildman–Crippen LogP) is 2.87. The Kier molecular flexibility index (Phi) is 4.76. The number of hydrogen-bond donors (Lipinski definition) is 2. The number of carbonyl (C=O) groups excluding carboxylic acids is 1. The number of benzene rings is 2. The summed E-state index contributed by atoms with van der Waals surface area (Å²) in [5.74, 6) is 6.16. The molecule has 3 aromatic rings. The Hall–Kier alpha value is -2.80. The fourth-order valence-electron chi connectivity index (χ4n) is 2.72. The second-order valence-electron chi connectivity index (χ2n) is 5.95. The Morgan fingerprint density at radius 3 is 2.68 bits per heavy atom. The molecule has 25 heavy (non-hydrogen) atoms. The highest BCUT2D eigenvalue weighted by atomic mass is 32.1. The summed E-state index contributed by atoms with van der Waals surface area (Å²) in [4.78, 5) is 11.9. The van der Waals surface area contributed by atoms with Crippen LogP contribution in [0.2, 0.25) is 0 Å². The lowest BCUT2D eigenvalue weighted by Crippen LogP contribution is -2.25. The quantitative estimate of drug-likeness (QED) is 0.419. The Morgan fingerprint density at radius 1 is 1.28 bits per heavy atom. The van der Waals surface area contributed by atoms with Crippen LogP contribution >= 0.6 is 11.5 Å². The molecule has 0 bridgehead atoms. The van der Waals surface area contributed by atoms with Crippen LogP contribution in [0.15, 0.2) is 35.4 Å². The van der Waals surface area contributed by atoms with Gasteiger partial charge in [-0.15, -0.1) is 0 Å². The van der Waals surface area contributed by atoms with Gasteiger partial charge in [0, 0.05) is 0 Å². The van der Waals surface area contributed by atoms with E-state index in [0.29, 0.717) is 0 Å². The van der Waals surface area contributed by atoms with Crippen molar-refractivity contribution >= 4 is 33.9 Å². The van der Waals surface area contributed by atoms with Gasteiger partial charge in [0.05, 0.1) is 16.4 Å². The van der Waals surface area contributed by atoms with Crippen molar-refractivity contribution in [1.82, 2.24) is 9.49 Å². The molecule has 2 aromatic carbocycles. The molecular formula is C18H20N4O2S. The van der Waals surface area contributed by atoms with E-state index >= 15 is 0 Å². The van der Waals surface area contributed by atoms with Gasteiger partial charge in [0.1, 0.15) is 5.75 Å². The highest BCUT2D eigenvalue weighted by Crippen LogP contribution is 2.24. The van der Waals surface area contributed by atoms with Gasteiger partial charge in [-0.1, -0.05) is 23.8 Å². The molecule has 0 spiro atoms. The molecule has 3 N–H and O–H groups in total. The average Bonchev–Trinajstić information content (AvgIpc) is 2.54. The molecule has 0 fully saturated rings. The van der Waals surface area contributed by atoms with E-state index in [2.05, 4.69) is 10.5 Å². The van der Waals surface area contributed by atoms with Gasteiger partial charge in [0.2, 0.25) is 0 Å². The smallest absolute Gasteiger partial charge is 0.277 e. The van der Waals surface area contributed by atoms with E-state index in [4.69, 9.17) is 10.6 Å². The number of carbonyl (C=O) groups is 1. The van der Waals surface area contributed by atoms with Crippen LogP contribution in [0.1, 0.15) is 22.3 Å². The number of hydrogen-bond acceptors (Lipinski definition) is 5. The molecule has 3 rings (SSSR count). The number of fused-ring (bicyclic) bond motifs is 1. The molecule has 0 aliphatic rings. The fraction of sp³-hybridized carbons (Fsp3) is 0.222. The molecule has 0 saturated heterocycles. The largest absolute Gasteiger partial charge is 0.483 e. The minimum absolute atomic E-state index is 0.0838. The molecule has 130 valence electrons. The van der Waals surface area contributed by atoms with E-state index in [0.717, 1.165) is 32.7 Å². The molecule has 6 nitrogen and oxygen atoms in total. The molecular weight excluding hydrogens is 336 g/mol. The number of aryl methyl sites for hydroxylation is 3. The lowest BCUT2D eigenvalue weighted by molar-refractivity contribution is -0.123. The normalized spacial score (nSPS) is 11.3. The van der Waals surface area contributed by atoms with Gasteiger partial charge >= 0.3 is 0 Å². The van der Waals surface area contributed by atoms with E-state index in [9.17, 15) is 4.79 Å². The zero-order chi connectivity index (χ0) is 18.0. The van der Waals surface area contributed by atoms with Crippen molar-refractivity contribution in [3.05, 3.63) is 52.6 Å². The maximum atomic E-state index is 11.9. The third kappa shape index (κ3) is 3.83. The molecule has 0 atom stereocenters. The van der Waals surface area contributed by atoms with Crippen LogP contribution < -0.4 is 16.0 Å². The number of rotatable bonds is 5. The number of ether oxygens (including phenoxy) is 1. The minimum atomic E-state index is -0.310. The monoisotopic (exact) mass is 356 g/mol. The van der Waals surface area contributed by atoms with Crippen LogP contribution in [-0.4, -0.2) is 22.8 Å². The number of aromatic nitrogens is 1. The van der Waals surface area contributed by atoms with E-state index in [-0.39, 0.29) is 12.5 Å². The molecule has 1 aromatic heterocycles. The first-order valence-electron chi connectivity index (χ1n) is 7.83. The Labute approximate surface area is 150 Å². The topological polar surface area (TPSA) is 81.6 Å². The van der Waals surface area contributed by atoms with Crippen molar-refractivity contribution in [1.29, 1.82) is 0 Å². The SMILES string of the molecule is Cc1cc(C)c(OCC(=O)N/N=C/c2ccc3sn(N)c3c2)c(C)c1. The van der Waals surface area contributed by atoms with Crippen molar-refractivity contribution in [2.45, 2.75) is 20.8 Å². The average molecular weight is 356 g/mol. The van der Waals surface area contributed by atoms with Crippen molar-refractivity contribution in [3.8, 4) is 5.75 Å². The van der Waals surface area contributed by atoms with Crippen LogP contribution in [0.5, 0.6) is 5.75 Å². The van der Waals surface area contributed by atoms with Gasteiger partial charge < -0.3 is 10.6 Å². The van der Waals surface area contributed by atoms with Gasteiger partial charge in [0.25, 0.3) is 5.91 Å². The first-order valence-corrected chi connectivity index (χ1v) is 8.61. The Balaban J connectivity index is 1.55. The number of hydrazone groups is 1.